The molecule has 0 aliphatic carbocycles. The van der Waals surface area contributed by atoms with E-state index in [0.29, 0.717) is 24.5 Å². The molecule has 0 spiro atoms. The summed E-state index contributed by atoms with van der Waals surface area (Å²) in [4.78, 5) is 12.3. The maximum absolute atomic E-state index is 12.3. The van der Waals surface area contributed by atoms with Gasteiger partial charge in [0.1, 0.15) is 0 Å². The molecule has 7 nitrogen and oxygen atoms in total. The summed E-state index contributed by atoms with van der Waals surface area (Å²) in [6.45, 7) is 2.67. The number of rotatable bonds is 13. The van der Waals surface area contributed by atoms with Crippen molar-refractivity contribution in [2.45, 2.75) is 37.8 Å². The van der Waals surface area contributed by atoms with Crippen LogP contribution in [0, 0.1) is 6.92 Å². The van der Waals surface area contributed by atoms with E-state index in [1.807, 2.05) is 48.5 Å². The Kier molecular flexibility index (Phi) is 9.81. The first kappa shape index (κ1) is 27.3. The van der Waals surface area contributed by atoms with Crippen molar-refractivity contribution in [3.8, 4) is 28.6 Å². The number of hydrogen-bond donors (Lipinski definition) is 1. The lowest BCUT2D eigenvalue weighted by Gasteiger charge is -2.11. The second kappa shape index (κ2) is 13.7. The minimum absolute atomic E-state index is 0.0738. The van der Waals surface area contributed by atoms with E-state index in [0.717, 1.165) is 52.8 Å². The number of benzene rings is 3. The van der Waals surface area contributed by atoms with E-state index in [1.165, 1.54) is 5.56 Å². The fourth-order valence-corrected chi connectivity index (χ4v) is 5.04. The molecule has 1 amide bonds. The molecule has 38 heavy (non-hydrogen) atoms. The molecule has 0 fully saturated rings. The van der Waals surface area contributed by atoms with Crippen LogP contribution in [0.5, 0.6) is 11.5 Å². The molecule has 0 saturated carbocycles. The summed E-state index contributed by atoms with van der Waals surface area (Å²) in [5.41, 5.74) is 4.36. The molecule has 3 aromatic carbocycles. The number of hydrogen-bond acceptors (Lipinski definition) is 6. The number of carbonyl (C=O) groups is 1. The van der Waals surface area contributed by atoms with Gasteiger partial charge >= 0.3 is 0 Å². The second-order valence-corrected chi connectivity index (χ2v) is 10.0. The van der Waals surface area contributed by atoms with Gasteiger partial charge in [0.2, 0.25) is 5.91 Å². The van der Waals surface area contributed by atoms with Gasteiger partial charge in [-0.25, -0.2) is 0 Å². The van der Waals surface area contributed by atoms with Crippen molar-refractivity contribution in [1.82, 2.24) is 20.1 Å². The molecule has 4 aromatic rings. The molecular weight excluding hydrogens is 496 g/mol. The normalized spacial score (nSPS) is 10.8. The van der Waals surface area contributed by atoms with Crippen LogP contribution in [0.25, 0.3) is 17.1 Å². The number of aryl methyl sites for hydroxylation is 1. The average Bonchev–Trinajstić information content (AvgIpc) is 3.37. The largest absolute Gasteiger partial charge is 0.493 e. The summed E-state index contributed by atoms with van der Waals surface area (Å²) < 4.78 is 12.7. The van der Waals surface area contributed by atoms with E-state index in [-0.39, 0.29) is 5.91 Å². The predicted molar refractivity (Wildman–Crippen MR) is 152 cm³/mol. The highest BCUT2D eigenvalue weighted by atomic mass is 32.2. The van der Waals surface area contributed by atoms with Gasteiger partial charge in [0.05, 0.1) is 14.2 Å². The maximum atomic E-state index is 12.3. The van der Waals surface area contributed by atoms with Gasteiger partial charge in [-0.15, -0.1) is 10.2 Å². The highest BCUT2D eigenvalue weighted by Crippen LogP contribution is 2.29. The summed E-state index contributed by atoms with van der Waals surface area (Å²) >= 11 is 1.67. The van der Waals surface area contributed by atoms with Gasteiger partial charge in [-0.05, 0) is 56.0 Å². The van der Waals surface area contributed by atoms with Gasteiger partial charge in [0.25, 0.3) is 0 Å². The lowest BCUT2D eigenvalue weighted by atomic mass is 10.1. The highest BCUT2D eigenvalue weighted by Gasteiger charge is 2.16. The zero-order valence-electron chi connectivity index (χ0n) is 22.1. The van der Waals surface area contributed by atoms with Gasteiger partial charge in [-0.3, -0.25) is 9.36 Å². The van der Waals surface area contributed by atoms with Crippen molar-refractivity contribution >= 4 is 17.7 Å². The molecular formula is C30H34N4O3S. The lowest BCUT2D eigenvalue weighted by molar-refractivity contribution is -0.121. The summed E-state index contributed by atoms with van der Waals surface area (Å²) in [7, 11) is 3.24. The van der Waals surface area contributed by atoms with E-state index in [4.69, 9.17) is 9.47 Å². The fraction of sp³-hybridized carbons (Fsp3) is 0.300. The quantitative estimate of drug-likeness (QED) is 0.172. The topological polar surface area (TPSA) is 78.3 Å². The summed E-state index contributed by atoms with van der Waals surface area (Å²) in [5.74, 6) is 3.16. The van der Waals surface area contributed by atoms with Crippen LogP contribution >= 0.6 is 11.8 Å². The minimum atomic E-state index is 0.0738. The van der Waals surface area contributed by atoms with Crippen LogP contribution in [0.2, 0.25) is 0 Å². The van der Waals surface area contributed by atoms with Gasteiger partial charge < -0.3 is 14.8 Å². The first-order chi connectivity index (χ1) is 18.6. The maximum Gasteiger partial charge on any atom is 0.220 e. The third-order valence-corrected chi connectivity index (χ3v) is 7.19. The summed E-state index contributed by atoms with van der Waals surface area (Å²) in [6.07, 6.45) is 2.97. The van der Waals surface area contributed by atoms with E-state index < -0.39 is 0 Å². The predicted octanol–water partition coefficient (Wildman–Crippen LogP) is 5.88. The second-order valence-electron chi connectivity index (χ2n) is 8.94. The molecule has 8 heteroatoms. The number of thioether (sulfide) groups is 1. The van der Waals surface area contributed by atoms with Gasteiger partial charge in [-0.1, -0.05) is 65.9 Å². The molecule has 0 unspecified atom stereocenters. The number of amides is 1. The van der Waals surface area contributed by atoms with E-state index in [1.54, 1.807) is 26.0 Å². The Morgan fingerprint density at radius 2 is 1.68 bits per heavy atom. The summed E-state index contributed by atoms with van der Waals surface area (Å²) in [6, 6.07) is 24.3. The molecule has 0 saturated heterocycles. The van der Waals surface area contributed by atoms with Crippen molar-refractivity contribution in [2.24, 2.45) is 0 Å². The Morgan fingerprint density at radius 1 is 0.921 bits per heavy atom. The Balaban J connectivity index is 1.25. The number of nitrogens with one attached hydrogen (secondary N) is 1. The van der Waals surface area contributed by atoms with Gasteiger partial charge in [-0.2, -0.15) is 0 Å². The van der Waals surface area contributed by atoms with Gasteiger partial charge in [0.15, 0.2) is 22.5 Å². The zero-order chi connectivity index (χ0) is 26.7. The van der Waals surface area contributed by atoms with Crippen LogP contribution in [0.15, 0.2) is 78.0 Å². The lowest BCUT2D eigenvalue weighted by Crippen LogP contribution is -2.25. The van der Waals surface area contributed by atoms with Crippen LogP contribution in [-0.4, -0.2) is 47.2 Å². The first-order valence-corrected chi connectivity index (χ1v) is 13.8. The van der Waals surface area contributed by atoms with Crippen LogP contribution in [-0.2, 0) is 11.2 Å². The molecule has 4 rings (SSSR count). The number of methoxy groups -OCH3 is 2. The van der Waals surface area contributed by atoms with Crippen molar-refractivity contribution in [3.63, 3.8) is 0 Å². The fourth-order valence-electron chi connectivity index (χ4n) is 4.09. The molecule has 0 atom stereocenters. The van der Waals surface area contributed by atoms with Crippen molar-refractivity contribution in [1.29, 1.82) is 0 Å². The minimum Gasteiger partial charge on any atom is -0.493 e. The molecule has 1 aromatic heterocycles. The highest BCUT2D eigenvalue weighted by molar-refractivity contribution is 7.99. The van der Waals surface area contributed by atoms with Crippen molar-refractivity contribution in [3.05, 3.63) is 83.9 Å². The first-order valence-electron chi connectivity index (χ1n) is 12.8. The monoisotopic (exact) mass is 530 g/mol. The van der Waals surface area contributed by atoms with Crippen LogP contribution < -0.4 is 14.8 Å². The van der Waals surface area contributed by atoms with E-state index in [9.17, 15) is 4.79 Å². The molecule has 198 valence electrons. The number of ether oxygens (including phenoxy) is 2. The molecule has 0 radical (unpaired) electrons. The Hall–Kier alpha value is -3.78. The van der Waals surface area contributed by atoms with E-state index in [2.05, 4.69) is 51.3 Å². The van der Waals surface area contributed by atoms with Crippen molar-refractivity contribution in [2.75, 3.05) is 26.5 Å². The average molecular weight is 531 g/mol. The third kappa shape index (κ3) is 7.16. The van der Waals surface area contributed by atoms with E-state index >= 15 is 0 Å². The Morgan fingerprint density at radius 3 is 2.42 bits per heavy atom. The van der Waals surface area contributed by atoms with Crippen molar-refractivity contribution < 1.29 is 14.3 Å². The SMILES string of the molecule is COc1ccc(CCNC(=O)CCCCSc2nnc(-c3ccccc3)n2-c2ccc(C)cc2)cc1OC. The smallest absolute Gasteiger partial charge is 0.220 e. The zero-order valence-corrected chi connectivity index (χ0v) is 23.0. The Labute approximate surface area is 228 Å². The number of aromatic nitrogens is 3. The standard InChI is InChI=1S/C30H34N4O3S/c1-22-12-15-25(16-13-22)34-29(24-9-5-4-6-10-24)32-33-30(34)38-20-8-7-11-28(35)31-19-18-23-14-17-26(36-2)27(21-23)37-3/h4-6,9-10,12-17,21H,7-8,11,18-20H2,1-3H3,(H,31,35). The number of carbonyl (C=O) groups excluding carboxylic acids is 1. The summed E-state index contributed by atoms with van der Waals surface area (Å²) in [5, 5.41) is 12.9. The third-order valence-electron chi connectivity index (χ3n) is 6.17. The molecule has 0 bridgehead atoms. The van der Waals surface area contributed by atoms with Crippen LogP contribution in [0.4, 0.5) is 0 Å². The molecule has 1 heterocycles. The van der Waals surface area contributed by atoms with Gasteiger partial charge in [0, 0.05) is 30.0 Å². The molecule has 0 aliphatic rings. The number of unbranched alkanes of at least 4 members (excludes halogenated alkanes) is 1. The van der Waals surface area contributed by atoms with Crippen LogP contribution in [0.1, 0.15) is 30.4 Å². The number of nitrogens with zero attached hydrogens (tertiary/aromatic N) is 3. The molecule has 1 N–H and O–H groups in total. The van der Waals surface area contributed by atoms with Crippen LogP contribution in [0.3, 0.4) is 0 Å². The molecule has 0 aliphatic heterocycles. The Bertz CT molecular complexity index is 1320.